The van der Waals surface area contributed by atoms with Crippen molar-refractivity contribution in [1.82, 2.24) is 5.43 Å². The van der Waals surface area contributed by atoms with Crippen molar-refractivity contribution in [2.45, 2.75) is 13.5 Å². The van der Waals surface area contributed by atoms with Gasteiger partial charge < -0.3 is 4.74 Å². The first-order chi connectivity index (χ1) is 14.5. The molecule has 0 atom stereocenters. The van der Waals surface area contributed by atoms with Crippen molar-refractivity contribution in [2.75, 3.05) is 5.01 Å². The lowest BCUT2D eigenvalue weighted by molar-refractivity contribution is -0.117. The lowest BCUT2D eigenvalue weighted by atomic mass is 10.1. The second-order valence-corrected chi connectivity index (χ2v) is 7.37. The summed E-state index contributed by atoms with van der Waals surface area (Å²) in [6.45, 7) is 2.38. The lowest BCUT2D eigenvalue weighted by Crippen LogP contribution is -2.35. The second-order valence-electron chi connectivity index (χ2n) is 6.93. The Morgan fingerprint density at radius 3 is 2.47 bits per heavy atom. The summed E-state index contributed by atoms with van der Waals surface area (Å²) in [6.07, 6.45) is 1.51. The molecule has 2 amide bonds. The molecule has 0 spiro atoms. The highest BCUT2D eigenvalue weighted by Crippen LogP contribution is 2.28. The summed E-state index contributed by atoms with van der Waals surface area (Å²) in [6, 6.07) is 22.1. The number of hydrogen-bond acceptors (Lipinski definition) is 3. The van der Waals surface area contributed by atoms with E-state index in [0.717, 1.165) is 5.56 Å². The van der Waals surface area contributed by atoms with Crippen LogP contribution in [0.25, 0.3) is 6.08 Å². The monoisotopic (exact) mass is 418 g/mol. The molecular weight excluding hydrogens is 400 g/mol. The summed E-state index contributed by atoms with van der Waals surface area (Å²) >= 11 is 6.15. The van der Waals surface area contributed by atoms with Gasteiger partial charge in [-0.3, -0.25) is 15.0 Å². The number of nitrogens with zero attached hydrogens (tertiary/aromatic N) is 1. The quantitative estimate of drug-likeness (QED) is 0.483. The molecule has 6 heteroatoms. The van der Waals surface area contributed by atoms with E-state index in [4.69, 9.17) is 16.3 Å². The molecule has 0 radical (unpaired) electrons. The lowest BCUT2D eigenvalue weighted by Gasteiger charge is -2.14. The molecule has 1 aliphatic rings. The van der Waals surface area contributed by atoms with Crippen molar-refractivity contribution in [3.05, 3.63) is 100 Å². The predicted octanol–water partition coefficient (Wildman–Crippen LogP) is 4.69. The van der Waals surface area contributed by atoms with Gasteiger partial charge in [0.25, 0.3) is 11.8 Å². The molecule has 0 aromatic heterocycles. The molecule has 4 rings (SSSR count). The molecule has 0 saturated carbocycles. The SMILES string of the molecule is Cc1ccc(COc2ccc(Cl)cc2/C=C2\C(=O)NN(c3ccccc3)C2=O)cc1. The maximum absolute atomic E-state index is 12.8. The summed E-state index contributed by atoms with van der Waals surface area (Å²) < 4.78 is 5.95. The molecule has 1 saturated heterocycles. The molecule has 3 aromatic rings. The molecule has 5 nitrogen and oxygen atoms in total. The summed E-state index contributed by atoms with van der Waals surface area (Å²) in [7, 11) is 0. The van der Waals surface area contributed by atoms with Crippen LogP contribution < -0.4 is 15.2 Å². The fraction of sp³-hybridized carbons (Fsp3) is 0.0833. The molecule has 0 bridgehead atoms. The summed E-state index contributed by atoms with van der Waals surface area (Å²) in [5, 5.41) is 1.71. The van der Waals surface area contributed by atoms with Crippen molar-refractivity contribution >= 4 is 35.2 Å². The molecule has 0 unspecified atom stereocenters. The fourth-order valence-electron chi connectivity index (χ4n) is 3.08. The molecule has 0 aliphatic carbocycles. The number of ether oxygens (including phenoxy) is 1. The summed E-state index contributed by atoms with van der Waals surface area (Å²) in [5.41, 5.74) is 5.93. The van der Waals surface area contributed by atoms with Crippen LogP contribution in [0, 0.1) is 6.92 Å². The van der Waals surface area contributed by atoms with E-state index in [1.165, 1.54) is 16.6 Å². The smallest absolute Gasteiger partial charge is 0.282 e. The van der Waals surface area contributed by atoms with Gasteiger partial charge in [0.05, 0.1) is 5.69 Å². The molecule has 3 aromatic carbocycles. The Morgan fingerprint density at radius 2 is 1.73 bits per heavy atom. The van der Waals surface area contributed by atoms with Crippen LogP contribution in [-0.2, 0) is 16.2 Å². The zero-order valence-corrected chi connectivity index (χ0v) is 17.0. The number of benzene rings is 3. The number of anilines is 1. The number of nitrogens with one attached hydrogen (secondary N) is 1. The molecule has 1 N–H and O–H groups in total. The predicted molar refractivity (Wildman–Crippen MR) is 117 cm³/mol. The van der Waals surface area contributed by atoms with Gasteiger partial charge >= 0.3 is 0 Å². The number of hydrogen-bond donors (Lipinski definition) is 1. The van der Waals surface area contributed by atoms with Crippen LogP contribution in [0.1, 0.15) is 16.7 Å². The van der Waals surface area contributed by atoms with Crippen molar-refractivity contribution in [3.63, 3.8) is 0 Å². The number of carbonyl (C=O) groups excluding carboxylic acids is 2. The van der Waals surface area contributed by atoms with Crippen LogP contribution >= 0.6 is 11.6 Å². The Bertz CT molecular complexity index is 1120. The van der Waals surface area contributed by atoms with Crippen LogP contribution in [0.2, 0.25) is 5.02 Å². The first-order valence-electron chi connectivity index (χ1n) is 9.41. The normalized spacial score (nSPS) is 14.9. The zero-order chi connectivity index (χ0) is 21.1. The van der Waals surface area contributed by atoms with Gasteiger partial charge in [0, 0.05) is 10.6 Å². The Hall–Kier alpha value is -3.57. The molecule has 1 aliphatic heterocycles. The van der Waals surface area contributed by atoms with Gasteiger partial charge in [-0.1, -0.05) is 59.6 Å². The van der Waals surface area contributed by atoms with Gasteiger partial charge in [-0.05, 0) is 48.9 Å². The van der Waals surface area contributed by atoms with E-state index in [9.17, 15) is 9.59 Å². The average molecular weight is 419 g/mol. The Morgan fingerprint density at radius 1 is 1.00 bits per heavy atom. The average Bonchev–Trinajstić information content (AvgIpc) is 3.03. The third-order valence-corrected chi connectivity index (χ3v) is 4.93. The Kier molecular flexibility index (Phi) is 5.55. The summed E-state index contributed by atoms with van der Waals surface area (Å²) in [5.74, 6) is -0.379. The highest BCUT2D eigenvalue weighted by molar-refractivity contribution is 6.32. The van der Waals surface area contributed by atoms with Gasteiger partial charge in [0.2, 0.25) is 0 Å². The Labute approximate surface area is 179 Å². The van der Waals surface area contributed by atoms with Crippen LogP contribution in [0.5, 0.6) is 5.75 Å². The maximum atomic E-state index is 12.8. The van der Waals surface area contributed by atoms with Crippen molar-refractivity contribution in [2.24, 2.45) is 0 Å². The van der Waals surface area contributed by atoms with Crippen molar-refractivity contribution < 1.29 is 14.3 Å². The second kappa shape index (κ2) is 8.43. The van der Waals surface area contributed by atoms with E-state index in [1.54, 1.807) is 42.5 Å². The minimum Gasteiger partial charge on any atom is -0.488 e. The Balaban J connectivity index is 1.61. The van der Waals surface area contributed by atoms with E-state index >= 15 is 0 Å². The number of aryl methyl sites for hydroxylation is 1. The molecule has 150 valence electrons. The first-order valence-corrected chi connectivity index (χ1v) is 9.79. The van der Waals surface area contributed by atoms with Crippen molar-refractivity contribution in [3.8, 4) is 5.75 Å². The third kappa shape index (κ3) is 4.21. The van der Waals surface area contributed by atoms with Crippen molar-refractivity contribution in [1.29, 1.82) is 0 Å². The minimum atomic E-state index is -0.478. The molecule has 30 heavy (non-hydrogen) atoms. The van der Waals surface area contributed by atoms with E-state index < -0.39 is 11.8 Å². The van der Waals surface area contributed by atoms with Gasteiger partial charge in [-0.15, -0.1) is 0 Å². The van der Waals surface area contributed by atoms with E-state index in [2.05, 4.69) is 5.43 Å². The van der Waals surface area contributed by atoms with E-state index in [-0.39, 0.29) is 5.57 Å². The van der Waals surface area contributed by atoms with Gasteiger partial charge in [-0.2, -0.15) is 0 Å². The molecular formula is C24H19ClN2O3. The van der Waals surface area contributed by atoms with Gasteiger partial charge in [0.15, 0.2) is 0 Å². The number of halogens is 1. The van der Waals surface area contributed by atoms with Crippen LogP contribution in [0.4, 0.5) is 5.69 Å². The highest BCUT2D eigenvalue weighted by atomic mass is 35.5. The number of rotatable bonds is 5. The first kappa shape index (κ1) is 19.7. The van der Waals surface area contributed by atoms with Crippen LogP contribution in [-0.4, -0.2) is 11.8 Å². The highest BCUT2D eigenvalue weighted by Gasteiger charge is 2.34. The number of carbonyl (C=O) groups is 2. The summed E-state index contributed by atoms with van der Waals surface area (Å²) in [4.78, 5) is 25.3. The molecule has 1 heterocycles. The van der Waals surface area contributed by atoms with Crippen LogP contribution in [0.3, 0.4) is 0 Å². The van der Waals surface area contributed by atoms with Crippen LogP contribution in [0.15, 0.2) is 78.4 Å². The third-order valence-electron chi connectivity index (χ3n) is 4.69. The number of amides is 2. The van der Waals surface area contributed by atoms with Gasteiger partial charge in [0.1, 0.15) is 17.9 Å². The zero-order valence-electron chi connectivity index (χ0n) is 16.3. The standard InChI is InChI=1S/C24H19ClN2O3/c1-16-7-9-17(10-8-16)15-30-22-12-11-19(25)13-18(22)14-21-23(28)26-27(24(21)29)20-5-3-2-4-6-20/h2-14H,15H2,1H3,(H,26,28)/b21-14+. The largest absolute Gasteiger partial charge is 0.488 e. The minimum absolute atomic E-state index is 0.0151. The number of hydrazine groups is 1. The number of para-hydroxylation sites is 1. The fourth-order valence-corrected chi connectivity index (χ4v) is 3.26. The van der Waals surface area contributed by atoms with E-state index in [1.807, 2.05) is 37.3 Å². The molecule has 1 fully saturated rings. The topological polar surface area (TPSA) is 58.6 Å². The van der Waals surface area contributed by atoms with E-state index in [0.29, 0.717) is 28.6 Å². The van der Waals surface area contributed by atoms with Gasteiger partial charge in [-0.25, -0.2) is 5.01 Å². The maximum Gasteiger partial charge on any atom is 0.282 e.